The Hall–Kier alpha value is -0.480. The van der Waals surface area contributed by atoms with E-state index in [1.807, 2.05) is 0 Å². The third kappa shape index (κ3) is 1.24. The predicted molar refractivity (Wildman–Crippen MR) is 36.4 cm³/mol. The second-order valence-electron chi connectivity index (χ2n) is 1.04. The first-order valence-electron chi connectivity index (χ1n) is 1.92. The lowest BCUT2D eigenvalue weighted by molar-refractivity contribution is 0.565. The molecule has 1 rings (SSSR count). The van der Waals surface area contributed by atoms with Crippen LogP contribution in [0.25, 0.3) is 0 Å². The SMILES string of the molecule is S=COc1cscn1. The molecule has 1 aromatic heterocycles. The normalized spacial score (nSPS) is 8.50. The summed E-state index contributed by atoms with van der Waals surface area (Å²) in [6.07, 6.45) is 0. The molecule has 8 heavy (non-hydrogen) atoms. The molecule has 2 nitrogen and oxygen atoms in total. The van der Waals surface area contributed by atoms with Crippen LogP contribution in [0.4, 0.5) is 0 Å². The van der Waals surface area contributed by atoms with Gasteiger partial charge in [0.2, 0.25) is 5.88 Å². The van der Waals surface area contributed by atoms with Gasteiger partial charge in [0.05, 0.1) is 10.9 Å². The van der Waals surface area contributed by atoms with E-state index in [9.17, 15) is 0 Å². The molecule has 0 saturated heterocycles. The number of aromatic nitrogens is 1. The number of hydrogen-bond acceptors (Lipinski definition) is 4. The maximum atomic E-state index is 4.73. The number of hydrogen-bond donors (Lipinski definition) is 0. The van der Waals surface area contributed by atoms with Crippen LogP contribution in [0.5, 0.6) is 5.88 Å². The lowest BCUT2D eigenvalue weighted by Crippen LogP contribution is -1.83. The molecule has 0 aliphatic carbocycles. The highest BCUT2D eigenvalue weighted by Crippen LogP contribution is 2.07. The summed E-state index contributed by atoms with van der Waals surface area (Å²) in [6, 6.07) is 0. The third-order valence-electron chi connectivity index (χ3n) is 0.579. The average molecular weight is 145 g/mol. The Kier molecular flexibility index (Phi) is 1.93. The van der Waals surface area contributed by atoms with E-state index in [-0.39, 0.29) is 0 Å². The summed E-state index contributed by atoms with van der Waals surface area (Å²) in [5.41, 5.74) is 2.88. The first-order valence-corrected chi connectivity index (χ1v) is 3.33. The zero-order valence-corrected chi connectivity index (χ0v) is 5.54. The van der Waals surface area contributed by atoms with Gasteiger partial charge in [-0.2, -0.15) is 0 Å². The van der Waals surface area contributed by atoms with Crippen LogP contribution in [0.1, 0.15) is 0 Å². The van der Waals surface area contributed by atoms with E-state index in [0.717, 1.165) is 0 Å². The van der Waals surface area contributed by atoms with Gasteiger partial charge in [0.1, 0.15) is 0 Å². The Morgan fingerprint density at radius 2 is 2.75 bits per heavy atom. The fourth-order valence-corrected chi connectivity index (χ4v) is 0.866. The molecule has 0 radical (unpaired) electrons. The van der Waals surface area contributed by atoms with Crippen LogP contribution in [0.15, 0.2) is 10.9 Å². The topological polar surface area (TPSA) is 22.1 Å². The van der Waals surface area contributed by atoms with Gasteiger partial charge in [-0.1, -0.05) is 0 Å². The summed E-state index contributed by atoms with van der Waals surface area (Å²) in [5, 5.41) is 1.78. The first-order chi connectivity index (χ1) is 3.93. The lowest BCUT2D eigenvalue weighted by atomic mass is 10.9. The van der Waals surface area contributed by atoms with Gasteiger partial charge >= 0.3 is 0 Å². The van der Waals surface area contributed by atoms with Gasteiger partial charge in [-0.05, 0) is 12.2 Å². The van der Waals surface area contributed by atoms with Crippen molar-refractivity contribution >= 4 is 29.1 Å². The van der Waals surface area contributed by atoms with E-state index < -0.39 is 0 Å². The van der Waals surface area contributed by atoms with E-state index in [0.29, 0.717) is 5.88 Å². The molecule has 0 saturated carbocycles. The quantitative estimate of drug-likeness (QED) is 0.588. The lowest BCUT2D eigenvalue weighted by Gasteiger charge is -1.85. The molecular weight excluding hydrogens is 142 g/mol. The largest absolute Gasteiger partial charge is 0.434 e. The zero-order chi connectivity index (χ0) is 5.82. The maximum absolute atomic E-state index is 4.73. The molecule has 42 valence electrons. The highest BCUT2D eigenvalue weighted by Gasteiger charge is 1.87. The smallest absolute Gasteiger partial charge is 0.230 e. The number of thiazole rings is 1. The highest BCUT2D eigenvalue weighted by atomic mass is 32.1. The second-order valence-corrected chi connectivity index (χ2v) is 1.95. The van der Waals surface area contributed by atoms with Crippen LogP contribution in [-0.2, 0) is 0 Å². The van der Waals surface area contributed by atoms with Gasteiger partial charge in [-0.3, -0.25) is 0 Å². The average Bonchev–Trinajstić information content (AvgIpc) is 2.19. The van der Waals surface area contributed by atoms with Crippen molar-refractivity contribution < 1.29 is 4.74 Å². The summed E-state index contributed by atoms with van der Waals surface area (Å²) in [7, 11) is 0. The van der Waals surface area contributed by atoms with Crippen LogP contribution in [-0.4, -0.2) is 10.5 Å². The summed E-state index contributed by atoms with van der Waals surface area (Å²) in [6.45, 7) is 0. The van der Waals surface area contributed by atoms with Gasteiger partial charge in [0, 0.05) is 0 Å². The monoisotopic (exact) mass is 145 g/mol. The first kappa shape index (κ1) is 5.65. The third-order valence-corrected chi connectivity index (χ3v) is 1.24. The second kappa shape index (κ2) is 2.74. The number of thiocarbonyl (C=S) groups is 1. The zero-order valence-electron chi connectivity index (χ0n) is 3.90. The summed E-state index contributed by atoms with van der Waals surface area (Å²) in [5.74, 6) is 0.574. The Balaban J connectivity index is 2.62. The summed E-state index contributed by atoms with van der Waals surface area (Å²) < 4.78 is 4.73. The maximum Gasteiger partial charge on any atom is 0.230 e. The van der Waals surface area contributed by atoms with Crippen molar-refractivity contribution in [2.45, 2.75) is 0 Å². The fraction of sp³-hybridized carbons (Fsp3) is 0. The molecule has 0 unspecified atom stereocenters. The molecule has 0 bridgehead atoms. The van der Waals surface area contributed by atoms with E-state index in [4.69, 9.17) is 4.74 Å². The Morgan fingerprint density at radius 1 is 1.88 bits per heavy atom. The van der Waals surface area contributed by atoms with E-state index in [2.05, 4.69) is 17.2 Å². The minimum Gasteiger partial charge on any atom is -0.434 e. The molecule has 1 heterocycles. The Labute approximate surface area is 56.1 Å². The minimum atomic E-state index is 0.574. The predicted octanol–water partition coefficient (Wildman–Crippen LogP) is 1.48. The van der Waals surface area contributed by atoms with Crippen LogP contribution < -0.4 is 4.74 Å². The molecule has 1 aromatic rings. The molecule has 0 atom stereocenters. The van der Waals surface area contributed by atoms with Gasteiger partial charge in [-0.25, -0.2) is 4.98 Å². The van der Waals surface area contributed by atoms with Crippen molar-refractivity contribution in [3.63, 3.8) is 0 Å². The Morgan fingerprint density at radius 3 is 3.25 bits per heavy atom. The molecule has 0 aromatic carbocycles. The molecule has 0 spiro atoms. The minimum absolute atomic E-state index is 0.574. The van der Waals surface area contributed by atoms with E-state index in [1.54, 1.807) is 10.9 Å². The van der Waals surface area contributed by atoms with Crippen molar-refractivity contribution in [3.05, 3.63) is 10.9 Å². The fourth-order valence-electron chi connectivity index (χ4n) is 0.309. The highest BCUT2D eigenvalue weighted by molar-refractivity contribution is 7.78. The summed E-state index contributed by atoms with van der Waals surface area (Å²) in [4.78, 5) is 3.80. The van der Waals surface area contributed by atoms with Gasteiger partial charge in [0.15, 0.2) is 5.55 Å². The van der Waals surface area contributed by atoms with Crippen molar-refractivity contribution in [1.29, 1.82) is 0 Å². The van der Waals surface area contributed by atoms with E-state index in [1.165, 1.54) is 16.9 Å². The van der Waals surface area contributed by atoms with Crippen molar-refractivity contribution in [1.82, 2.24) is 4.98 Å². The number of rotatable bonds is 2. The van der Waals surface area contributed by atoms with Crippen LogP contribution in [0, 0.1) is 0 Å². The number of ether oxygens (including phenoxy) is 1. The molecule has 0 amide bonds. The van der Waals surface area contributed by atoms with E-state index >= 15 is 0 Å². The Bertz CT molecular complexity index is 161. The van der Waals surface area contributed by atoms with Crippen LogP contribution in [0.3, 0.4) is 0 Å². The van der Waals surface area contributed by atoms with Gasteiger partial charge in [0.25, 0.3) is 0 Å². The van der Waals surface area contributed by atoms with Crippen molar-refractivity contribution in [2.75, 3.05) is 0 Å². The standard InChI is InChI=1S/C4H3NOS2/c7-3-6-4-1-8-2-5-4/h1-3H. The van der Waals surface area contributed by atoms with Crippen LogP contribution in [0.2, 0.25) is 0 Å². The molecule has 0 aliphatic heterocycles. The molecule has 0 N–H and O–H groups in total. The van der Waals surface area contributed by atoms with Gasteiger partial charge < -0.3 is 4.74 Å². The van der Waals surface area contributed by atoms with Gasteiger partial charge in [-0.15, -0.1) is 11.3 Å². The molecule has 0 aliphatic rings. The van der Waals surface area contributed by atoms with Crippen molar-refractivity contribution in [3.8, 4) is 5.88 Å². The number of nitrogens with zero attached hydrogens (tertiary/aromatic N) is 1. The van der Waals surface area contributed by atoms with Crippen LogP contribution >= 0.6 is 23.6 Å². The van der Waals surface area contributed by atoms with Crippen molar-refractivity contribution in [2.24, 2.45) is 0 Å². The molecule has 4 heteroatoms. The molecule has 0 fully saturated rings. The summed E-state index contributed by atoms with van der Waals surface area (Å²) >= 11 is 5.89. The molecular formula is C4H3NOS2.